The molecule has 24 heavy (non-hydrogen) atoms. The van der Waals surface area contributed by atoms with Gasteiger partial charge in [-0.05, 0) is 63.5 Å². The van der Waals surface area contributed by atoms with Gasteiger partial charge in [-0.25, -0.2) is 4.39 Å². The maximum Gasteiger partial charge on any atom is 0.191 e. The molecule has 1 atom stereocenters. The van der Waals surface area contributed by atoms with E-state index in [1.165, 1.54) is 6.42 Å². The fourth-order valence-corrected chi connectivity index (χ4v) is 2.57. The molecule has 0 saturated heterocycles. The van der Waals surface area contributed by atoms with Gasteiger partial charge in [0.25, 0.3) is 0 Å². The topological polar surface area (TPSA) is 39.7 Å². The van der Waals surface area contributed by atoms with Crippen LogP contribution in [0.4, 0.5) is 4.39 Å². The van der Waals surface area contributed by atoms with Gasteiger partial charge in [0.2, 0.25) is 0 Å². The van der Waals surface area contributed by atoms with Crippen LogP contribution in [0, 0.1) is 12.7 Å². The minimum atomic E-state index is -0.166. The van der Waals surface area contributed by atoms with Crippen LogP contribution in [0.3, 0.4) is 0 Å². The molecule has 1 unspecified atom stereocenters. The molecule has 136 valence electrons. The van der Waals surface area contributed by atoms with Gasteiger partial charge < -0.3 is 15.5 Å². The molecule has 0 bridgehead atoms. The molecule has 0 fully saturated rings. The zero-order chi connectivity index (χ0) is 17.9. The molecule has 0 saturated carbocycles. The van der Waals surface area contributed by atoms with Crippen molar-refractivity contribution >= 4 is 5.96 Å². The van der Waals surface area contributed by atoms with E-state index >= 15 is 0 Å². The third kappa shape index (κ3) is 6.87. The lowest BCUT2D eigenvalue weighted by molar-refractivity contribution is 0.297. The van der Waals surface area contributed by atoms with E-state index in [4.69, 9.17) is 0 Å². The van der Waals surface area contributed by atoms with E-state index in [1.54, 1.807) is 20.0 Å². The molecular weight excluding hydrogens is 303 g/mol. The summed E-state index contributed by atoms with van der Waals surface area (Å²) in [6, 6.07) is 5.35. The van der Waals surface area contributed by atoms with Crippen molar-refractivity contribution < 1.29 is 4.39 Å². The molecule has 4 nitrogen and oxygen atoms in total. The first-order chi connectivity index (χ1) is 11.5. The largest absolute Gasteiger partial charge is 0.356 e. The molecule has 0 aliphatic rings. The summed E-state index contributed by atoms with van der Waals surface area (Å²) in [7, 11) is 1.76. The van der Waals surface area contributed by atoms with Gasteiger partial charge in [-0.15, -0.1) is 0 Å². The van der Waals surface area contributed by atoms with Gasteiger partial charge in [-0.3, -0.25) is 4.99 Å². The van der Waals surface area contributed by atoms with Crippen molar-refractivity contribution in [3.63, 3.8) is 0 Å². The number of aliphatic imine (C=N–C) groups is 1. The Bertz CT molecular complexity index is 512. The van der Waals surface area contributed by atoms with Crippen molar-refractivity contribution in [2.75, 3.05) is 33.2 Å². The third-order valence-electron chi connectivity index (χ3n) is 4.36. The van der Waals surface area contributed by atoms with E-state index in [0.29, 0.717) is 5.56 Å². The van der Waals surface area contributed by atoms with E-state index in [1.807, 2.05) is 19.1 Å². The normalized spacial score (nSPS) is 13.2. The van der Waals surface area contributed by atoms with Crippen LogP contribution in [0.1, 0.15) is 50.8 Å². The van der Waals surface area contributed by atoms with E-state index in [9.17, 15) is 4.39 Å². The second-order valence-electron chi connectivity index (χ2n) is 6.11. The number of hydrogen-bond acceptors (Lipinski definition) is 2. The molecule has 2 N–H and O–H groups in total. The fraction of sp³-hybridized carbons (Fsp3) is 0.632. The SMILES string of the molecule is CCN(CC)CCCCNC(=NC)NC(C)c1ccc(C)c(F)c1. The lowest BCUT2D eigenvalue weighted by Gasteiger charge is -2.20. The zero-order valence-corrected chi connectivity index (χ0v) is 15.8. The second-order valence-corrected chi connectivity index (χ2v) is 6.11. The van der Waals surface area contributed by atoms with Crippen molar-refractivity contribution in [1.82, 2.24) is 15.5 Å². The number of unbranched alkanes of at least 4 members (excludes halogenated alkanes) is 1. The number of aryl methyl sites for hydroxylation is 1. The number of benzene rings is 1. The third-order valence-corrected chi connectivity index (χ3v) is 4.36. The monoisotopic (exact) mass is 336 g/mol. The molecule has 0 amide bonds. The highest BCUT2D eigenvalue weighted by atomic mass is 19.1. The molecule has 5 heteroatoms. The Hall–Kier alpha value is -1.62. The van der Waals surface area contributed by atoms with Crippen LogP contribution in [0.15, 0.2) is 23.2 Å². The average Bonchev–Trinajstić information content (AvgIpc) is 2.59. The molecule has 0 aliphatic carbocycles. The number of rotatable bonds is 9. The van der Waals surface area contributed by atoms with Gasteiger partial charge in [0.05, 0.1) is 6.04 Å². The Labute approximate surface area is 146 Å². The Morgan fingerprint density at radius 3 is 2.54 bits per heavy atom. The molecule has 1 aromatic carbocycles. The average molecular weight is 336 g/mol. The maximum absolute atomic E-state index is 13.7. The molecule has 0 heterocycles. The summed E-state index contributed by atoms with van der Waals surface area (Å²) in [5.74, 6) is 0.590. The number of nitrogens with zero attached hydrogens (tertiary/aromatic N) is 2. The Balaban J connectivity index is 2.37. The second kappa shape index (κ2) is 11.0. The summed E-state index contributed by atoms with van der Waals surface area (Å²) in [5, 5.41) is 6.65. The Kier molecular flexibility index (Phi) is 9.38. The quantitative estimate of drug-likeness (QED) is 0.412. The highest BCUT2D eigenvalue weighted by Gasteiger charge is 2.09. The zero-order valence-electron chi connectivity index (χ0n) is 15.8. The lowest BCUT2D eigenvalue weighted by Crippen LogP contribution is -2.39. The minimum Gasteiger partial charge on any atom is -0.356 e. The van der Waals surface area contributed by atoms with Crippen LogP contribution < -0.4 is 10.6 Å². The van der Waals surface area contributed by atoms with E-state index in [-0.39, 0.29) is 11.9 Å². The van der Waals surface area contributed by atoms with Crippen molar-refractivity contribution in [1.29, 1.82) is 0 Å². The molecular formula is C19H33FN4. The van der Waals surface area contributed by atoms with Crippen LogP contribution >= 0.6 is 0 Å². The molecule has 0 aliphatic heterocycles. The van der Waals surface area contributed by atoms with Gasteiger partial charge in [0.1, 0.15) is 5.82 Å². The standard InChI is InChI=1S/C19H33FN4/c1-6-24(7-2)13-9-8-12-22-19(21-5)23-16(4)17-11-10-15(3)18(20)14-17/h10-11,14,16H,6-9,12-13H2,1-5H3,(H2,21,22,23). The van der Waals surface area contributed by atoms with E-state index in [2.05, 4.69) is 34.4 Å². The van der Waals surface area contributed by atoms with Crippen molar-refractivity contribution in [3.05, 3.63) is 35.1 Å². The smallest absolute Gasteiger partial charge is 0.191 e. The van der Waals surface area contributed by atoms with Crippen molar-refractivity contribution in [2.24, 2.45) is 4.99 Å². The molecule has 0 aromatic heterocycles. The lowest BCUT2D eigenvalue weighted by atomic mass is 10.1. The van der Waals surface area contributed by atoms with Crippen LogP contribution in [0.2, 0.25) is 0 Å². The summed E-state index contributed by atoms with van der Waals surface area (Å²) in [6.07, 6.45) is 2.27. The van der Waals surface area contributed by atoms with Gasteiger partial charge in [-0.2, -0.15) is 0 Å². The fourth-order valence-electron chi connectivity index (χ4n) is 2.57. The summed E-state index contributed by atoms with van der Waals surface area (Å²) in [5.41, 5.74) is 1.59. The van der Waals surface area contributed by atoms with Crippen LogP contribution in [0.25, 0.3) is 0 Å². The predicted molar refractivity (Wildman–Crippen MR) is 101 cm³/mol. The number of nitrogens with one attached hydrogen (secondary N) is 2. The first-order valence-corrected chi connectivity index (χ1v) is 8.97. The highest BCUT2D eigenvalue weighted by Crippen LogP contribution is 2.16. The predicted octanol–water partition coefficient (Wildman–Crippen LogP) is 3.48. The molecule has 0 spiro atoms. The van der Waals surface area contributed by atoms with Gasteiger partial charge in [0.15, 0.2) is 5.96 Å². The van der Waals surface area contributed by atoms with Gasteiger partial charge in [0, 0.05) is 13.6 Å². The van der Waals surface area contributed by atoms with E-state index in [0.717, 1.165) is 44.1 Å². The van der Waals surface area contributed by atoms with Crippen LogP contribution in [0.5, 0.6) is 0 Å². The van der Waals surface area contributed by atoms with Gasteiger partial charge in [-0.1, -0.05) is 26.0 Å². The Morgan fingerprint density at radius 1 is 1.25 bits per heavy atom. The van der Waals surface area contributed by atoms with Crippen LogP contribution in [-0.2, 0) is 0 Å². The minimum absolute atomic E-state index is 0.00183. The molecule has 1 rings (SSSR count). The van der Waals surface area contributed by atoms with Crippen molar-refractivity contribution in [3.8, 4) is 0 Å². The van der Waals surface area contributed by atoms with Crippen LogP contribution in [-0.4, -0.2) is 44.1 Å². The van der Waals surface area contributed by atoms with E-state index < -0.39 is 0 Å². The van der Waals surface area contributed by atoms with Gasteiger partial charge >= 0.3 is 0 Å². The number of hydrogen-bond donors (Lipinski definition) is 2. The number of halogens is 1. The molecule has 1 aromatic rings. The highest BCUT2D eigenvalue weighted by molar-refractivity contribution is 5.80. The first kappa shape index (κ1) is 20.4. The van der Waals surface area contributed by atoms with Crippen molar-refractivity contribution in [2.45, 2.75) is 46.6 Å². The summed E-state index contributed by atoms with van der Waals surface area (Å²) >= 11 is 0. The summed E-state index contributed by atoms with van der Waals surface area (Å²) < 4.78 is 13.7. The summed E-state index contributed by atoms with van der Waals surface area (Å²) in [6.45, 7) is 12.4. The maximum atomic E-state index is 13.7. The molecule has 0 radical (unpaired) electrons. The number of guanidine groups is 1. The summed E-state index contributed by atoms with van der Waals surface area (Å²) in [4.78, 5) is 6.68. The first-order valence-electron chi connectivity index (χ1n) is 8.97. The Morgan fingerprint density at radius 2 is 1.96 bits per heavy atom.